The molecule has 5 rings (SSSR count). The molecule has 0 saturated carbocycles. The molecule has 1 aromatic heterocycles. The van der Waals surface area contributed by atoms with E-state index in [4.69, 9.17) is 4.74 Å². The van der Waals surface area contributed by atoms with E-state index in [-0.39, 0.29) is 30.2 Å². The van der Waals surface area contributed by atoms with Crippen molar-refractivity contribution >= 4 is 17.5 Å². The monoisotopic (exact) mass is 514 g/mol. The van der Waals surface area contributed by atoms with Crippen LogP contribution in [0.1, 0.15) is 12.0 Å². The normalized spacial score (nSPS) is 16.8. The molecule has 0 spiro atoms. The molecule has 0 bridgehead atoms. The number of benzene rings is 3. The van der Waals surface area contributed by atoms with Gasteiger partial charge in [0.25, 0.3) is 0 Å². The number of ether oxygens (including phenoxy) is 1. The van der Waals surface area contributed by atoms with Gasteiger partial charge in [-0.3, -0.25) is 9.59 Å². The van der Waals surface area contributed by atoms with Gasteiger partial charge in [0.1, 0.15) is 42.6 Å². The van der Waals surface area contributed by atoms with Crippen molar-refractivity contribution in [2.24, 2.45) is 0 Å². The van der Waals surface area contributed by atoms with E-state index in [0.29, 0.717) is 36.7 Å². The first-order chi connectivity index (χ1) is 18.5. The number of nitrogens with one attached hydrogen (secondary N) is 2. The van der Waals surface area contributed by atoms with Gasteiger partial charge in [-0.2, -0.15) is 5.10 Å². The van der Waals surface area contributed by atoms with Gasteiger partial charge in [-0.15, -0.1) is 0 Å². The number of aromatic nitrogens is 3. The summed E-state index contributed by atoms with van der Waals surface area (Å²) in [6, 6.07) is 21.9. The van der Waals surface area contributed by atoms with Crippen LogP contribution in [0.25, 0.3) is 0 Å². The van der Waals surface area contributed by atoms with Crippen molar-refractivity contribution in [1.82, 2.24) is 25.0 Å². The van der Waals surface area contributed by atoms with E-state index in [1.807, 2.05) is 30.3 Å². The number of hydrogen-bond acceptors (Lipinski definition) is 6. The van der Waals surface area contributed by atoms with Crippen molar-refractivity contribution in [3.8, 4) is 11.5 Å². The van der Waals surface area contributed by atoms with E-state index in [2.05, 4.69) is 20.7 Å². The number of likely N-dealkylation sites (tertiary alicyclic amines) is 1. The molecule has 9 nitrogen and oxygen atoms in total. The van der Waals surface area contributed by atoms with Crippen LogP contribution in [0.4, 0.5) is 10.1 Å². The zero-order chi connectivity index (χ0) is 26.3. The Morgan fingerprint density at radius 1 is 0.974 bits per heavy atom. The minimum atomic E-state index is -0.644. The van der Waals surface area contributed by atoms with E-state index in [0.717, 1.165) is 5.56 Å². The Bertz CT molecular complexity index is 1350. The molecule has 2 heterocycles. The van der Waals surface area contributed by atoms with Gasteiger partial charge >= 0.3 is 0 Å². The summed E-state index contributed by atoms with van der Waals surface area (Å²) in [7, 11) is 0. The highest BCUT2D eigenvalue weighted by Crippen LogP contribution is 2.25. The Kier molecular flexibility index (Phi) is 7.70. The number of nitrogens with zero attached hydrogens (tertiary/aromatic N) is 4. The van der Waals surface area contributed by atoms with Crippen molar-refractivity contribution in [2.45, 2.75) is 31.6 Å². The minimum Gasteiger partial charge on any atom is -0.457 e. The van der Waals surface area contributed by atoms with Crippen LogP contribution < -0.4 is 15.4 Å². The molecule has 38 heavy (non-hydrogen) atoms. The van der Waals surface area contributed by atoms with E-state index >= 15 is 0 Å². The number of anilines is 1. The van der Waals surface area contributed by atoms with Crippen LogP contribution in [-0.2, 0) is 22.7 Å². The first-order valence-electron chi connectivity index (χ1n) is 12.3. The first-order valence-corrected chi connectivity index (χ1v) is 12.3. The number of amides is 2. The van der Waals surface area contributed by atoms with Crippen LogP contribution in [0.15, 0.2) is 91.5 Å². The van der Waals surface area contributed by atoms with E-state index in [9.17, 15) is 14.0 Å². The number of carbonyl (C=O) groups excluding carboxylic acids is 2. The molecule has 4 aromatic rings. The second-order valence-electron chi connectivity index (χ2n) is 9.02. The predicted molar refractivity (Wildman–Crippen MR) is 139 cm³/mol. The highest BCUT2D eigenvalue weighted by Gasteiger charge is 2.39. The molecular weight excluding hydrogens is 487 g/mol. The molecule has 2 atom stereocenters. The quantitative estimate of drug-likeness (QED) is 0.354. The standard InChI is InChI=1S/C28H27FN6O3/c29-21-6-10-24(11-7-21)38-25-12-8-22(9-13-25)33-28(37)26-14-23(31-15-20-4-2-1-3-5-20)16-35(26)27(36)17-34-19-30-18-32-34/h1-13,18-19,23,26,31H,14-17H2,(H,33,37)/t23-,26?/m1/s1. The lowest BCUT2D eigenvalue weighted by molar-refractivity contribution is -0.137. The van der Waals surface area contributed by atoms with Crippen molar-refractivity contribution in [2.75, 3.05) is 11.9 Å². The molecule has 2 amide bonds. The summed E-state index contributed by atoms with van der Waals surface area (Å²) in [6.45, 7) is 1.05. The maximum atomic E-state index is 13.3. The summed E-state index contributed by atoms with van der Waals surface area (Å²) in [5.74, 6) is 0.236. The van der Waals surface area contributed by atoms with E-state index in [1.165, 1.54) is 41.6 Å². The third kappa shape index (κ3) is 6.40. The zero-order valence-corrected chi connectivity index (χ0v) is 20.5. The Hall–Kier alpha value is -4.57. The SMILES string of the molecule is O=C(Nc1ccc(Oc2ccc(F)cc2)cc1)C1C[C@@H](NCc2ccccc2)CN1C(=O)Cn1cncn1. The number of halogens is 1. The van der Waals surface area contributed by atoms with Gasteiger partial charge in [0.15, 0.2) is 0 Å². The molecule has 10 heteroatoms. The molecule has 1 fully saturated rings. The van der Waals surface area contributed by atoms with Crippen molar-refractivity contribution in [3.63, 3.8) is 0 Å². The molecule has 194 valence electrons. The average molecular weight is 515 g/mol. The Balaban J connectivity index is 1.24. The third-order valence-corrected chi connectivity index (χ3v) is 6.30. The van der Waals surface area contributed by atoms with Gasteiger partial charge < -0.3 is 20.3 Å². The van der Waals surface area contributed by atoms with Crippen LogP contribution in [0.3, 0.4) is 0 Å². The van der Waals surface area contributed by atoms with Gasteiger partial charge in [0.2, 0.25) is 11.8 Å². The van der Waals surface area contributed by atoms with E-state index in [1.54, 1.807) is 29.2 Å². The van der Waals surface area contributed by atoms with Gasteiger partial charge in [0, 0.05) is 24.8 Å². The highest BCUT2D eigenvalue weighted by atomic mass is 19.1. The van der Waals surface area contributed by atoms with Crippen molar-refractivity contribution in [1.29, 1.82) is 0 Å². The molecule has 0 aliphatic carbocycles. The Morgan fingerprint density at radius 2 is 1.68 bits per heavy atom. The summed E-state index contributed by atoms with van der Waals surface area (Å²) in [5.41, 5.74) is 1.70. The third-order valence-electron chi connectivity index (χ3n) is 6.30. The molecule has 0 radical (unpaired) electrons. The molecule has 1 saturated heterocycles. The zero-order valence-electron chi connectivity index (χ0n) is 20.5. The van der Waals surface area contributed by atoms with Crippen LogP contribution >= 0.6 is 0 Å². The second-order valence-corrected chi connectivity index (χ2v) is 9.02. The lowest BCUT2D eigenvalue weighted by Crippen LogP contribution is -2.44. The molecule has 1 unspecified atom stereocenters. The molecule has 2 N–H and O–H groups in total. The van der Waals surface area contributed by atoms with Gasteiger partial charge in [-0.25, -0.2) is 14.1 Å². The molecular formula is C28H27FN6O3. The molecule has 1 aliphatic rings. The summed E-state index contributed by atoms with van der Waals surface area (Å²) in [4.78, 5) is 31.9. The predicted octanol–water partition coefficient (Wildman–Crippen LogP) is 3.61. The fourth-order valence-electron chi connectivity index (χ4n) is 4.38. The van der Waals surface area contributed by atoms with E-state index < -0.39 is 6.04 Å². The lowest BCUT2D eigenvalue weighted by atomic mass is 10.1. The number of carbonyl (C=O) groups is 2. The Labute approximate surface area is 219 Å². The van der Waals surface area contributed by atoms with Crippen LogP contribution in [0.2, 0.25) is 0 Å². The maximum absolute atomic E-state index is 13.3. The lowest BCUT2D eigenvalue weighted by Gasteiger charge is -2.24. The van der Waals surface area contributed by atoms with Gasteiger partial charge in [-0.05, 0) is 60.5 Å². The highest BCUT2D eigenvalue weighted by molar-refractivity contribution is 5.97. The topological polar surface area (TPSA) is 101 Å². The molecule has 1 aliphatic heterocycles. The maximum Gasteiger partial charge on any atom is 0.247 e. The Morgan fingerprint density at radius 3 is 2.37 bits per heavy atom. The summed E-state index contributed by atoms with van der Waals surface area (Å²) >= 11 is 0. The summed E-state index contributed by atoms with van der Waals surface area (Å²) in [6.07, 6.45) is 3.33. The van der Waals surface area contributed by atoms with Crippen LogP contribution in [0, 0.1) is 5.82 Å². The van der Waals surface area contributed by atoms with Crippen molar-refractivity contribution in [3.05, 3.63) is 103 Å². The molecule has 3 aromatic carbocycles. The fourth-order valence-corrected chi connectivity index (χ4v) is 4.38. The summed E-state index contributed by atoms with van der Waals surface area (Å²) in [5, 5.41) is 10.4. The number of rotatable bonds is 9. The smallest absolute Gasteiger partial charge is 0.247 e. The van der Waals surface area contributed by atoms with Gasteiger partial charge in [-0.1, -0.05) is 30.3 Å². The minimum absolute atomic E-state index is 0.00457. The number of hydrogen-bond donors (Lipinski definition) is 2. The first kappa shape index (κ1) is 25.1. The van der Waals surface area contributed by atoms with Gasteiger partial charge in [0.05, 0.1) is 0 Å². The van der Waals surface area contributed by atoms with Crippen molar-refractivity contribution < 1.29 is 18.7 Å². The fraction of sp³-hybridized carbons (Fsp3) is 0.214. The van der Waals surface area contributed by atoms with Crippen LogP contribution in [0.5, 0.6) is 11.5 Å². The largest absolute Gasteiger partial charge is 0.457 e. The second kappa shape index (κ2) is 11.7. The summed E-state index contributed by atoms with van der Waals surface area (Å²) < 4.78 is 20.3. The van der Waals surface area contributed by atoms with Crippen LogP contribution in [-0.4, -0.2) is 50.1 Å². The average Bonchev–Trinajstić information content (AvgIpc) is 3.61.